The molecule has 0 saturated carbocycles. The van der Waals surface area contributed by atoms with Gasteiger partial charge in [0.05, 0.1) is 0 Å². The molecule has 6 heteroatoms. The Morgan fingerprint density at radius 1 is 1.38 bits per heavy atom. The molecule has 21 heavy (non-hydrogen) atoms. The Hall–Kier alpha value is -1.95. The van der Waals surface area contributed by atoms with Crippen LogP contribution in [0.15, 0.2) is 24.3 Å². The average Bonchev–Trinajstić information content (AvgIpc) is 2.44. The van der Waals surface area contributed by atoms with Gasteiger partial charge in [-0.1, -0.05) is 12.2 Å². The highest BCUT2D eigenvalue weighted by molar-refractivity contribution is 5.64. The van der Waals surface area contributed by atoms with Crippen molar-refractivity contribution in [2.75, 3.05) is 19.6 Å². The van der Waals surface area contributed by atoms with Gasteiger partial charge in [-0.25, -0.2) is 13.6 Å². The predicted octanol–water partition coefficient (Wildman–Crippen LogP) is 2.71. The molecule has 1 saturated heterocycles. The molecular weight excluding hydrogens is 278 g/mol. The van der Waals surface area contributed by atoms with Crippen LogP contribution in [0.5, 0.6) is 0 Å². The molecule has 0 spiro atoms. The van der Waals surface area contributed by atoms with Crippen LogP contribution in [0.1, 0.15) is 18.4 Å². The number of likely N-dealkylation sites (tertiary alicyclic amines) is 1. The largest absolute Gasteiger partial charge is 0.465 e. The van der Waals surface area contributed by atoms with E-state index in [1.54, 1.807) is 12.2 Å². The number of halogens is 2. The predicted molar refractivity (Wildman–Crippen MR) is 76.0 cm³/mol. The number of nitrogens with one attached hydrogen (secondary N) is 1. The number of carbonyl (C=O) groups is 1. The van der Waals surface area contributed by atoms with Crippen LogP contribution in [0.3, 0.4) is 0 Å². The van der Waals surface area contributed by atoms with E-state index in [-0.39, 0.29) is 11.6 Å². The van der Waals surface area contributed by atoms with E-state index in [0.29, 0.717) is 6.54 Å². The molecule has 0 radical (unpaired) electrons. The molecule has 1 aliphatic heterocycles. The number of nitrogens with zero attached hydrogens (tertiary/aromatic N) is 1. The topological polar surface area (TPSA) is 52.6 Å². The summed E-state index contributed by atoms with van der Waals surface area (Å²) in [6, 6.07) is 3.36. The van der Waals surface area contributed by atoms with Crippen LogP contribution in [0.25, 0.3) is 6.08 Å². The first-order chi connectivity index (χ1) is 10.0. The molecule has 114 valence electrons. The van der Waals surface area contributed by atoms with Gasteiger partial charge in [0.15, 0.2) is 0 Å². The molecule has 0 unspecified atom stereocenters. The first-order valence-electron chi connectivity index (χ1n) is 6.88. The van der Waals surface area contributed by atoms with Gasteiger partial charge in [-0.05, 0) is 31.0 Å². The van der Waals surface area contributed by atoms with Crippen LogP contribution >= 0.6 is 0 Å². The lowest BCUT2D eigenvalue weighted by Crippen LogP contribution is -2.44. The Bertz CT molecular complexity index is 526. The molecule has 1 heterocycles. The van der Waals surface area contributed by atoms with Crippen molar-refractivity contribution in [1.29, 1.82) is 0 Å². The molecule has 4 nitrogen and oxygen atoms in total. The fourth-order valence-electron chi connectivity index (χ4n) is 2.41. The highest BCUT2D eigenvalue weighted by Gasteiger charge is 2.19. The second-order valence-corrected chi connectivity index (χ2v) is 5.09. The maximum atomic E-state index is 13.4. The number of rotatable bonds is 4. The fraction of sp³-hybridized carbons (Fsp3) is 0.400. The van der Waals surface area contributed by atoms with E-state index < -0.39 is 17.7 Å². The van der Waals surface area contributed by atoms with Crippen LogP contribution in [0.2, 0.25) is 0 Å². The SMILES string of the molecule is O=C(O)NC1CCN(CC=Cc2cc(F)ccc2F)CC1. The molecule has 1 aromatic rings. The van der Waals surface area contributed by atoms with Crippen molar-refractivity contribution in [2.45, 2.75) is 18.9 Å². The molecule has 2 N–H and O–H groups in total. The van der Waals surface area contributed by atoms with Crippen molar-refractivity contribution < 1.29 is 18.7 Å². The molecule has 1 fully saturated rings. The molecule has 1 aliphatic rings. The van der Waals surface area contributed by atoms with Gasteiger partial charge in [-0.15, -0.1) is 0 Å². The van der Waals surface area contributed by atoms with Crippen LogP contribution in [-0.2, 0) is 0 Å². The second kappa shape index (κ2) is 7.17. The summed E-state index contributed by atoms with van der Waals surface area (Å²) in [6.45, 7) is 2.19. The van der Waals surface area contributed by atoms with Crippen molar-refractivity contribution in [3.63, 3.8) is 0 Å². The third-order valence-corrected chi connectivity index (χ3v) is 3.53. The summed E-state index contributed by atoms with van der Waals surface area (Å²) < 4.78 is 26.4. The summed E-state index contributed by atoms with van der Waals surface area (Å²) in [5.74, 6) is -0.909. The van der Waals surface area contributed by atoms with E-state index in [1.807, 2.05) is 0 Å². The summed E-state index contributed by atoms with van der Waals surface area (Å²) in [6.07, 6.45) is 3.89. The van der Waals surface area contributed by atoms with Crippen LogP contribution in [0, 0.1) is 11.6 Å². The van der Waals surface area contributed by atoms with Gasteiger partial charge in [-0.2, -0.15) is 0 Å². The minimum atomic E-state index is -0.991. The normalized spacial score (nSPS) is 17.2. The molecule has 1 amide bonds. The quantitative estimate of drug-likeness (QED) is 0.898. The number of hydrogen-bond acceptors (Lipinski definition) is 2. The summed E-state index contributed by atoms with van der Waals surface area (Å²) in [5, 5.41) is 11.1. The Morgan fingerprint density at radius 2 is 2.10 bits per heavy atom. The lowest BCUT2D eigenvalue weighted by molar-refractivity contribution is 0.173. The molecule has 2 rings (SSSR count). The molecule has 0 aliphatic carbocycles. The Kier molecular flexibility index (Phi) is 5.27. The van der Waals surface area contributed by atoms with Crippen LogP contribution in [0.4, 0.5) is 13.6 Å². The Labute approximate surface area is 122 Å². The molecule has 0 atom stereocenters. The first-order valence-corrected chi connectivity index (χ1v) is 6.88. The van der Waals surface area contributed by atoms with E-state index in [2.05, 4.69) is 10.2 Å². The highest BCUT2D eigenvalue weighted by Crippen LogP contribution is 2.13. The van der Waals surface area contributed by atoms with Crippen molar-refractivity contribution in [2.24, 2.45) is 0 Å². The minimum Gasteiger partial charge on any atom is -0.465 e. The maximum absolute atomic E-state index is 13.4. The number of piperidine rings is 1. The smallest absolute Gasteiger partial charge is 0.404 e. The molecular formula is C15H18F2N2O2. The third kappa shape index (κ3) is 4.82. The zero-order valence-corrected chi connectivity index (χ0v) is 11.6. The van der Waals surface area contributed by atoms with Gasteiger partial charge in [0.1, 0.15) is 11.6 Å². The highest BCUT2D eigenvalue weighted by atomic mass is 19.1. The Morgan fingerprint density at radius 3 is 2.76 bits per heavy atom. The number of amides is 1. The maximum Gasteiger partial charge on any atom is 0.404 e. The van der Waals surface area contributed by atoms with E-state index in [9.17, 15) is 13.6 Å². The van der Waals surface area contributed by atoms with Gasteiger partial charge in [-0.3, -0.25) is 4.90 Å². The Balaban J connectivity index is 1.80. The van der Waals surface area contributed by atoms with E-state index in [0.717, 1.165) is 44.1 Å². The summed E-state index contributed by atoms with van der Waals surface area (Å²) >= 11 is 0. The van der Waals surface area contributed by atoms with Crippen molar-refractivity contribution in [3.8, 4) is 0 Å². The van der Waals surface area contributed by atoms with E-state index in [1.165, 1.54) is 0 Å². The van der Waals surface area contributed by atoms with Crippen LogP contribution < -0.4 is 5.32 Å². The van der Waals surface area contributed by atoms with Crippen LogP contribution in [-0.4, -0.2) is 41.8 Å². The lowest BCUT2D eigenvalue weighted by atomic mass is 10.1. The molecule has 0 bridgehead atoms. The minimum absolute atomic E-state index is 0.00314. The number of carboxylic acid groups (broad SMARTS) is 1. The van der Waals surface area contributed by atoms with Gasteiger partial charge in [0.2, 0.25) is 0 Å². The molecule has 1 aromatic carbocycles. The average molecular weight is 296 g/mol. The fourth-order valence-corrected chi connectivity index (χ4v) is 2.41. The summed E-state index contributed by atoms with van der Waals surface area (Å²) in [4.78, 5) is 12.7. The summed E-state index contributed by atoms with van der Waals surface area (Å²) in [7, 11) is 0. The standard InChI is InChI=1S/C15H18F2N2O2/c16-12-3-4-14(17)11(10-12)2-1-7-19-8-5-13(6-9-19)18-15(20)21/h1-4,10,13,18H,5-9H2,(H,20,21). The van der Waals surface area contributed by atoms with Gasteiger partial charge in [0, 0.05) is 31.2 Å². The van der Waals surface area contributed by atoms with Crippen molar-refractivity contribution >= 4 is 12.2 Å². The van der Waals surface area contributed by atoms with E-state index >= 15 is 0 Å². The molecule has 0 aromatic heterocycles. The second-order valence-electron chi connectivity index (χ2n) is 5.09. The third-order valence-electron chi connectivity index (χ3n) is 3.53. The lowest BCUT2D eigenvalue weighted by Gasteiger charge is -2.30. The van der Waals surface area contributed by atoms with Gasteiger partial charge in [0.25, 0.3) is 0 Å². The summed E-state index contributed by atoms with van der Waals surface area (Å²) in [5.41, 5.74) is 0.234. The number of benzene rings is 1. The van der Waals surface area contributed by atoms with Gasteiger partial charge >= 0.3 is 6.09 Å². The monoisotopic (exact) mass is 296 g/mol. The zero-order valence-electron chi connectivity index (χ0n) is 11.6. The first kappa shape index (κ1) is 15.4. The van der Waals surface area contributed by atoms with Gasteiger partial charge < -0.3 is 10.4 Å². The number of hydrogen-bond donors (Lipinski definition) is 2. The van der Waals surface area contributed by atoms with Crippen molar-refractivity contribution in [3.05, 3.63) is 41.5 Å². The zero-order chi connectivity index (χ0) is 15.2. The van der Waals surface area contributed by atoms with Crippen molar-refractivity contribution in [1.82, 2.24) is 10.2 Å². The van der Waals surface area contributed by atoms with E-state index in [4.69, 9.17) is 5.11 Å².